The van der Waals surface area contributed by atoms with E-state index in [1.165, 1.54) is 13.0 Å². The lowest BCUT2D eigenvalue weighted by molar-refractivity contribution is 0.0320. The Bertz CT molecular complexity index is 439. The number of aryl methyl sites for hydroxylation is 2. The summed E-state index contributed by atoms with van der Waals surface area (Å²) in [7, 11) is 0. The SMILES string of the molecule is Cc1cc(N2CCC(CN3CCOCC3)C2)nc(C)n1. The molecule has 5 nitrogen and oxygen atoms in total. The molecule has 110 valence electrons. The molecule has 0 saturated carbocycles. The topological polar surface area (TPSA) is 41.5 Å². The summed E-state index contributed by atoms with van der Waals surface area (Å²) in [6, 6.07) is 2.10. The highest BCUT2D eigenvalue weighted by Gasteiger charge is 2.26. The Kier molecular flexibility index (Phi) is 4.17. The van der Waals surface area contributed by atoms with E-state index in [4.69, 9.17) is 4.74 Å². The molecule has 1 aromatic heterocycles. The van der Waals surface area contributed by atoms with Crippen LogP contribution in [0.4, 0.5) is 5.82 Å². The van der Waals surface area contributed by atoms with Crippen molar-refractivity contribution >= 4 is 5.82 Å². The molecule has 0 N–H and O–H groups in total. The molecule has 2 aliphatic heterocycles. The van der Waals surface area contributed by atoms with E-state index in [9.17, 15) is 0 Å². The lowest BCUT2D eigenvalue weighted by Crippen LogP contribution is -2.39. The molecule has 0 aliphatic carbocycles. The van der Waals surface area contributed by atoms with Gasteiger partial charge in [-0.15, -0.1) is 0 Å². The minimum Gasteiger partial charge on any atom is -0.379 e. The van der Waals surface area contributed by atoms with Crippen molar-refractivity contribution in [3.05, 3.63) is 17.6 Å². The monoisotopic (exact) mass is 276 g/mol. The average Bonchev–Trinajstić information content (AvgIpc) is 2.87. The van der Waals surface area contributed by atoms with Gasteiger partial charge in [0.2, 0.25) is 0 Å². The maximum atomic E-state index is 5.41. The molecule has 3 rings (SSSR count). The first-order chi connectivity index (χ1) is 9.70. The lowest BCUT2D eigenvalue weighted by Gasteiger charge is -2.29. The Labute approximate surface area is 121 Å². The van der Waals surface area contributed by atoms with Gasteiger partial charge in [-0.1, -0.05) is 0 Å². The Hall–Kier alpha value is -1.20. The molecule has 5 heteroatoms. The first-order valence-corrected chi connectivity index (χ1v) is 7.58. The third-order valence-electron chi connectivity index (χ3n) is 4.18. The summed E-state index contributed by atoms with van der Waals surface area (Å²) in [4.78, 5) is 13.9. The smallest absolute Gasteiger partial charge is 0.132 e. The summed E-state index contributed by atoms with van der Waals surface area (Å²) >= 11 is 0. The van der Waals surface area contributed by atoms with Crippen LogP contribution in [-0.2, 0) is 4.74 Å². The number of rotatable bonds is 3. The van der Waals surface area contributed by atoms with Crippen LogP contribution in [0, 0.1) is 19.8 Å². The minimum atomic E-state index is 0.753. The second-order valence-electron chi connectivity index (χ2n) is 5.93. The zero-order valence-electron chi connectivity index (χ0n) is 12.5. The Morgan fingerprint density at radius 1 is 1.20 bits per heavy atom. The highest BCUT2D eigenvalue weighted by atomic mass is 16.5. The largest absolute Gasteiger partial charge is 0.379 e. The predicted octanol–water partition coefficient (Wildman–Crippen LogP) is 1.25. The Balaban J connectivity index is 1.58. The summed E-state index contributed by atoms with van der Waals surface area (Å²) < 4.78 is 5.41. The van der Waals surface area contributed by atoms with Gasteiger partial charge in [0.25, 0.3) is 0 Å². The van der Waals surface area contributed by atoms with Crippen LogP contribution in [0.1, 0.15) is 17.9 Å². The van der Waals surface area contributed by atoms with Gasteiger partial charge < -0.3 is 9.64 Å². The molecular weight excluding hydrogens is 252 g/mol. The van der Waals surface area contributed by atoms with E-state index < -0.39 is 0 Å². The number of hydrogen-bond donors (Lipinski definition) is 0. The number of ether oxygens (including phenoxy) is 1. The molecule has 0 bridgehead atoms. The van der Waals surface area contributed by atoms with Crippen LogP contribution >= 0.6 is 0 Å². The first kappa shape index (κ1) is 13.8. The molecule has 1 aromatic rings. The van der Waals surface area contributed by atoms with Crippen molar-refractivity contribution in [2.75, 3.05) is 50.8 Å². The van der Waals surface area contributed by atoms with E-state index in [1.807, 2.05) is 13.8 Å². The summed E-state index contributed by atoms with van der Waals surface area (Å²) in [5.74, 6) is 2.72. The van der Waals surface area contributed by atoms with Crippen molar-refractivity contribution in [1.82, 2.24) is 14.9 Å². The summed E-state index contributed by atoms with van der Waals surface area (Å²) in [6.07, 6.45) is 1.26. The number of morpholine rings is 1. The van der Waals surface area contributed by atoms with Crippen molar-refractivity contribution in [3.8, 4) is 0 Å². The summed E-state index contributed by atoms with van der Waals surface area (Å²) in [6.45, 7) is 11.4. The van der Waals surface area contributed by atoms with E-state index in [0.29, 0.717) is 0 Å². The second-order valence-corrected chi connectivity index (χ2v) is 5.93. The maximum Gasteiger partial charge on any atom is 0.132 e. The van der Waals surface area contributed by atoms with Crippen LogP contribution in [0.5, 0.6) is 0 Å². The molecule has 1 atom stereocenters. The van der Waals surface area contributed by atoms with Gasteiger partial charge in [-0.05, 0) is 26.2 Å². The van der Waals surface area contributed by atoms with Crippen LogP contribution in [0.3, 0.4) is 0 Å². The van der Waals surface area contributed by atoms with Gasteiger partial charge in [-0.25, -0.2) is 9.97 Å². The standard InChI is InChI=1S/C15H24N4O/c1-12-9-15(17-13(2)16-12)19-4-3-14(11-19)10-18-5-7-20-8-6-18/h9,14H,3-8,10-11H2,1-2H3. The van der Waals surface area contributed by atoms with E-state index in [1.54, 1.807) is 0 Å². The molecule has 20 heavy (non-hydrogen) atoms. The van der Waals surface area contributed by atoms with Gasteiger partial charge in [-0.3, -0.25) is 4.90 Å². The zero-order valence-corrected chi connectivity index (χ0v) is 12.5. The fourth-order valence-corrected chi connectivity index (χ4v) is 3.20. The molecule has 2 saturated heterocycles. The number of aromatic nitrogens is 2. The second kappa shape index (κ2) is 6.06. The minimum absolute atomic E-state index is 0.753. The molecule has 0 amide bonds. The summed E-state index contributed by atoms with van der Waals surface area (Å²) in [5, 5.41) is 0. The van der Waals surface area contributed by atoms with Gasteiger partial charge in [-0.2, -0.15) is 0 Å². The zero-order chi connectivity index (χ0) is 13.9. The lowest BCUT2D eigenvalue weighted by atomic mass is 10.1. The van der Waals surface area contributed by atoms with Gasteiger partial charge in [0, 0.05) is 44.5 Å². The highest BCUT2D eigenvalue weighted by Crippen LogP contribution is 2.23. The van der Waals surface area contributed by atoms with Crippen LogP contribution in [-0.4, -0.2) is 60.8 Å². The third kappa shape index (κ3) is 3.27. The van der Waals surface area contributed by atoms with Crippen LogP contribution in [0.25, 0.3) is 0 Å². The van der Waals surface area contributed by atoms with Crippen molar-refractivity contribution in [3.63, 3.8) is 0 Å². The van der Waals surface area contributed by atoms with Crippen molar-refractivity contribution in [2.45, 2.75) is 20.3 Å². The quantitative estimate of drug-likeness (QED) is 0.831. The normalized spacial score (nSPS) is 24.3. The van der Waals surface area contributed by atoms with E-state index in [-0.39, 0.29) is 0 Å². The van der Waals surface area contributed by atoms with E-state index >= 15 is 0 Å². The fraction of sp³-hybridized carbons (Fsp3) is 0.733. The molecular formula is C15H24N4O. The van der Waals surface area contributed by atoms with Gasteiger partial charge in [0.15, 0.2) is 0 Å². The third-order valence-corrected chi connectivity index (χ3v) is 4.18. The highest BCUT2D eigenvalue weighted by molar-refractivity contribution is 5.40. The molecule has 3 heterocycles. The van der Waals surface area contributed by atoms with Crippen molar-refractivity contribution < 1.29 is 4.74 Å². The van der Waals surface area contributed by atoms with Crippen molar-refractivity contribution in [1.29, 1.82) is 0 Å². The molecule has 0 spiro atoms. The molecule has 0 aromatic carbocycles. The summed E-state index contributed by atoms with van der Waals surface area (Å²) in [5.41, 5.74) is 1.06. The van der Waals surface area contributed by atoms with Crippen molar-refractivity contribution in [2.24, 2.45) is 5.92 Å². The first-order valence-electron chi connectivity index (χ1n) is 7.58. The number of anilines is 1. The predicted molar refractivity (Wildman–Crippen MR) is 79.1 cm³/mol. The molecule has 1 unspecified atom stereocenters. The van der Waals surface area contributed by atoms with E-state index in [0.717, 1.165) is 62.6 Å². The Morgan fingerprint density at radius 3 is 2.75 bits per heavy atom. The van der Waals surface area contributed by atoms with Crippen LogP contribution in [0.15, 0.2) is 6.07 Å². The van der Waals surface area contributed by atoms with Gasteiger partial charge in [0.1, 0.15) is 11.6 Å². The van der Waals surface area contributed by atoms with Crippen LogP contribution < -0.4 is 4.90 Å². The maximum absolute atomic E-state index is 5.41. The average molecular weight is 276 g/mol. The van der Waals surface area contributed by atoms with E-state index in [2.05, 4.69) is 25.8 Å². The fourth-order valence-electron chi connectivity index (χ4n) is 3.20. The van der Waals surface area contributed by atoms with Gasteiger partial charge in [0.05, 0.1) is 13.2 Å². The molecule has 2 aliphatic rings. The number of hydrogen-bond acceptors (Lipinski definition) is 5. The van der Waals surface area contributed by atoms with Crippen LogP contribution in [0.2, 0.25) is 0 Å². The van der Waals surface area contributed by atoms with Gasteiger partial charge >= 0.3 is 0 Å². The Morgan fingerprint density at radius 2 is 2.00 bits per heavy atom. The number of nitrogens with zero attached hydrogens (tertiary/aromatic N) is 4. The molecule has 0 radical (unpaired) electrons. The molecule has 2 fully saturated rings.